The van der Waals surface area contributed by atoms with Crippen LogP contribution in [0.2, 0.25) is 0 Å². The van der Waals surface area contributed by atoms with Gasteiger partial charge in [-0.25, -0.2) is 0 Å². The Morgan fingerprint density at radius 2 is 1.83 bits per heavy atom. The first-order valence-corrected chi connectivity index (χ1v) is 6.52. The predicted octanol–water partition coefficient (Wildman–Crippen LogP) is 1.73. The van der Waals surface area contributed by atoms with Crippen LogP contribution in [0.15, 0.2) is 42.5 Å². The molecule has 0 unspecified atom stereocenters. The summed E-state index contributed by atoms with van der Waals surface area (Å²) >= 11 is 0. The molecule has 3 amide bonds. The van der Waals surface area contributed by atoms with E-state index < -0.39 is 22.6 Å². The molecule has 0 radical (unpaired) electrons. The molecule has 0 fully saturated rings. The normalized spacial score (nSPS) is 12.5. The summed E-state index contributed by atoms with van der Waals surface area (Å²) in [5.41, 5.74) is 0.274. The lowest BCUT2D eigenvalue weighted by Gasteiger charge is -2.08. The van der Waals surface area contributed by atoms with E-state index >= 15 is 0 Å². The molecule has 1 aliphatic rings. The lowest BCUT2D eigenvalue weighted by atomic mass is 10.1. The Balaban J connectivity index is 1.93. The van der Waals surface area contributed by atoms with Gasteiger partial charge >= 0.3 is 0 Å². The largest absolute Gasteiger partial charge is 0.321 e. The van der Waals surface area contributed by atoms with Gasteiger partial charge in [-0.1, -0.05) is 12.1 Å². The second-order valence-electron chi connectivity index (χ2n) is 4.77. The molecule has 0 spiro atoms. The van der Waals surface area contributed by atoms with E-state index in [0.717, 1.165) is 6.07 Å². The molecule has 23 heavy (non-hydrogen) atoms. The minimum absolute atomic E-state index is 0.0709. The van der Waals surface area contributed by atoms with Gasteiger partial charge in [0.1, 0.15) is 0 Å². The van der Waals surface area contributed by atoms with Gasteiger partial charge in [0.05, 0.1) is 21.7 Å². The Morgan fingerprint density at radius 3 is 2.57 bits per heavy atom. The van der Waals surface area contributed by atoms with Crippen molar-refractivity contribution in [1.82, 2.24) is 5.32 Å². The third-order valence-electron chi connectivity index (χ3n) is 3.33. The zero-order valence-electron chi connectivity index (χ0n) is 11.5. The number of rotatable bonds is 3. The summed E-state index contributed by atoms with van der Waals surface area (Å²) in [6, 6.07) is 9.67. The van der Waals surface area contributed by atoms with Crippen molar-refractivity contribution in [2.75, 3.05) is 5.32 Å². The van der Waals surface area contributed by atoms with E-state index in [4.69, 9.17) is 0 Å². The predicted molar refractivity (Wildman–Crippen MR) is 79.3 cm³/mol. The van der Waals surface area contributed by atoms with E-state index in [2.05, 4.69) is 10.6 Å². The third kappa shape index (κ3) is 2.53. The molecule has 0 saturated carbocycles. The van der Waals surface area contributed by atoms with Gasteiger partial charge in [-0.05, 0) is 18.2 Å². The number of hydrogen-bond acceptors (Lipinski definition) is 5. The maximum absolute atomic E-state index is 12.2. The average molecular weight is 311 g/mol. The molecule has 8 heteroatoms. The highest BCUT2D eigenvalue weighted by molar-refractivity contribution is 6.25. The van der Waals surface area contributed by atoms with E-state index in [-0.39, 0.29) is 28.1 Å². The molecular weight excluding hydrogens is 302 g/mol. The number of imide groups is 1. The highest BCUT2D eigenvalue weighted by Gasteiger charge is 2.29. The van der Waals surface area contributed by atoms with Gasteiger partial charge in [-0.2, -0.15) is 0 Å². The minimum Gasteiger partial charge on any atom is -0.321 e. The number of non-ortho nitro benzene ring substituents is 1. The average Bonchev–Trinajstić information content (AvgIpc) is 2.83. The van der Waals surface area contributed by atoms with Crippen LogP contribution in [-0.4, -0.2) is 22.6 Å². The van der Waals surface area contributed by atoms with Gasteiger partial charge in [0, 0.05) is 17.7 Å². The molecule has 0 aromatic heterocycles. The van der Waals surface area contributed by atoms with Crippen molar-refractivity contribution in [3.63, 3.8) is 0 Å². The molecule has 3 rings (SSSR count). The van der Waals surface area contributed by atoms with Crippen LogP contribution in [0, 0.1) is 10.1 Å². The number of nitro groups is 1. The fourth-order valence-electron chi connectivity index (χ4n) is 2.28. The Kier molecular flexibility index (Phi) is 3.34. The lowest BCUT2D eigenvalue weighted by molar-refractivity contribution is -0.384. The third-order valence-corrected chi connectivity index (χ3v) is 3.33. The quantitative estimate of drug-likeness (QED) is 0.508. The molecule has 2 aromatic carbocycles. The van der Waals surface area contributed by atoms with E-state index in [1.54, 1.807) is 0 Å². The number of nitro benzene ring substituents is 1. The van der Waals surface area contributed by atoms with Crippen molar-refractivity contribution in [1.29, 1.82) is 0 Å². The number of benzene rings is 2. The summed E-state index contributed by atoms with van der Waals surface area (Å²) in [7, 11) is 0. The second kappa shape index (κ2) is 5.34. The molecule has 0 aliphatic carbocycles. The Labute approximate surface area is 129 Å². The molecule has 0 atom stereocenters. The van der Waals surface area contributed by atoms with Gasteiger partial charge < -0.3 is 5.32 Å². The number of carbonyl (C=O) groups excluding carboxylic acids is 3. The summed E-state index contributed by atoms with van der Waals surface area (Å²) in [6.45, 7) is 0. The van der Waals surface area contributed by atoms with Crippen LogP contribution in [0.4, 0.5) is 11.4 Å². The van der Waals surface area contributed by atoms with E-state index in [9.17, 15) is 24.5 Å². The maximum atomic E-state index is 12.2. The SMILES string of the molecule is O=C(Nc1cccc2c1C(=O)NC2=O)c1cccc([N+](=O)[O-])c1. The first-order valence-electron chi connectivity index (χ1n) is 6.52. The van der Waals surface area contributed by atoms with Gasteiger partial charge in [-0.3, -0.25) is 29.8 Å². The van der Waals surface area contributed by atoms with Crippen LogP contribution < -0.4 is 10.6 Å². The van der Waals surface area contributed by atoms with Gasteiger partial charge in [0.15, 0.2) is 0 Å². The van der Waals surface area contributed by atoms with Crippen LogP contribution in [0.3, 0.4) is 0 Å². The van der Waals surface area contributed by atoms with Crippen LogP contribution in [-0.2, 0) is 0 Å². The van der Waals surface area contributed by atoms with Crippen LogP contribution >= 0.6 is 0 Å². The van der Waals surface area contributed by atoms with Crippen molar-refractivity contribution >= 4 is 29.1 Å². The topological polar surface area (TPSA) is 118 Å². The van der Waals surface area contributed by atoms with Gasteiger partial charge in [0.2, 0.25) is 0 Å². The molecule has 2 N–H and O–H groups in total. The van der Waals surface area contributed by atoms with Crippen molar-refractivity contribution < 1.29 is 19.3 Å². The van der Waals surface area contributed by atoms with Crippen molar-refractivity contribution in [3.05, 3.63) is 69.3 Å². The summed E-state index contributed by atoms with van der Waals surface area (Å²) in [5.74, 6) is -1.74. The van der Waals surface area contributed by atoms with Crippen LogP contribution in [0.25, 0.3) is 0 Å². The summed E-state index contributed by atoms with van der Waals surface area (Å²) in [5, 5.41) is 15.4. The Morgan fingerprint density at radius 1 is 1.09 bits per heavy atom. The summed E-state index contributed by atoms with van der Waals surface area (Å²) in [6.07, 6.45) is 0. The first-order chi connectivity index (χ1) is 11.0. The number of fused-ring (bicyclic) bond motifs is 1. The molecule has 1 heterocycles. The molecule has 2 aromatic rings. The maximum Gasteiger partial charge on any atom is 0.270 e. The smallest absolute Gasteiger partial charge is 0.270 e. The highest BCUT2D eigenvalue weighted by atomic mass is 16.6. The van der Waals surface area contributed by atoms with E-state index in [0.29, 0.717) is 0 Å². The highest BCUT2D eigenvalue weighted by Crippen LogP contribution is 2.25. The van der Waals surface area contributed by atoms with E-state index in [1.807, 2.05) is 0 Å². The molecule has 0 saturated heterocycles. The zero-order valence-corrected chi connectivity index (χ0v) is 11.5. The summed E-state index contributed by atoms with van der Waals surface area (Å²) < 4.78 is 0. The lowest BCUT2D eigenvalue weighted by Crippen LogP contribution is -2.20. The fraction of sp³-hybridized carbons (Fsp3) is 0. The molecule has 8 nitrogen and oxygen atoms in total. The number of nitrogens with one attached hydrogen (secondary N) is 2. The van der Waals surface area contributed by atoms with Gasteiger partial charge in [-0.15, -0.1) is 0 Å². The Bertz CT molecular complexity index is 875. The second-order valence-corrected chi connectivity index (χ2v) is 4.77. The standard InChI is InChI=1S/C15H9N3O5/c19-13(8-3-1-4-9(7-8)18(22)23)16-11-6-2-5-10-12(11)15(21)17-14(10)20/h1-7H,(H,16,19)(H,17,20,21). The molecular formula is C15H9N3O5. The van der Waals surface area contributed by atoms with Crippen molar-refractivity contribution in [2.24, 2.45) is 0 Å². The monoisotopic (exact) mass is 311 g/mol. The Hall–Kier alpha value is -3.55. The molecule has 1 aliphatic heterocycles. The summed E-state index contributed by atoms with van der Waals surface area (Å²) in [4.78, 5) is 45.7. The van der Waals surface area contributed by atoms with Gasteiger partial charge in [0.25, 0.3) is 23.4 Å². The van der Waals surface area contributed by atoms with Crippen molar-refractivity contribution in [2.45, 2.75) is 0 Å². The van der Waals surface area contributed by atoms with Crippen LogP contribution in [0.1, 0.15) is 31.1 Å². The van der Waals surface area contributed by atoms with Crippen LogP contribution in [0.5, 0.6) is 0 Å². The number of carbonyl (C=O) groups is 3. The molecule has 0 bridgehead atoms. The number of nitrogens with zero attached hydrogens (tertiary/aromatic N) is 1. The zero-order chi connectivity index (χ0) is 16.6. The van der Waals surface area contributed by atoms with Crippen molar-refractivity contribution in [3.8, 4) is 0 Å². The minimum atomic E-state index is -0.616. The fourth-order valence-corrected chi connectivity index (χ4v) is 2.28. The number of hydrogen-bond donors (Lipinski definition) is 2. The first kappa shape index (κ1) is 14.4. The van der Waals surface area contributed by atoms with E-state index in [1.165, 1.54) is 36.4 Å². The number of amides is 3. The molecule has 114 valence electrons. The number of anilines is 1.